The van der Waals surface area contributed by atoms with Crippen molar-refractivity contribution in [2.75, 3.05) is 6.54 Å². The van der Waals surface area contributed by atoms with Gasteiger partial charge in [-0.3, -0.25) is 0 Å². The molecule has 0 bridgehead atoms. The molecule has 1 aliphatic heterocycles. The summed E-state index contributed by atoms with van der Waals surface area (Å²) in [6, 6.07) is 6.97. The molecule has 0 spiro atoms. The van der Waals surface area contributed by atoms with Crippen molar-refractivity contribution in [2.24, 2.45) is 11.3 Å². The molecular formula is C22H35NO2. The van der Waals surface area contributed by atoms with Crippen molar-refractivity contribution in [2.45, 2.75) is 84.5 Å². The summed E-state index contributed by atoms with van der Waals surface area (Å²) in [6.45, 7) is 11.7. The van der Waals surface area contributed by atoms with Crippen LogP contribution in [-0.2, 0) is 5.41 Å². The summed E-state index contributed by atoms with van der Waals surface area (Å²) < 4.78 is 5.91. The van der Waals surface area contributed by atoms with Gasteiger partial charge in [0.25, 0.3) is 0 Å². The van der Waals surface area contributed by atoms with Crippen molar-refractivity contribution in [1.29, 1.82) is 0 Å². The molecule has 3 rings (SSSR count). The molecule has 4 atom stereocenters. The first-order valence-corrected chi connectivity index (χ1v) is 9.93. The van der Waals surface area contributed by atoms with E-state index in [0.717, 1.165) is 12.3 Å². The van der Waals surface area contributed by atoms with Crippen LogP contribution in [0.2, 0.25) is 0 Å². The SMILES string of the molecule is Cc1ccc(OC(O)C(C)(C)C)cc1C12CCCCC1C(C)NCC2. The Hall–Kier alpha value is -1.06. The molecule has 1 saturated heterocycles. The third kappa shape index (κ3) is 3.59. The smallest absolute Gasteiger partial charge is 0.202 e. The van der Waals surface area contributed by atoms with Crippen LogP contribution in [0.25, 0.3) is 0 Å². The highest BCUT2D eigenvalue weighted by Gasteiger charge is 2.47. The summed E-state index contributed by atoms with van der Waals surface area (Å²) in [4.78, 5) is 0. The van der Waals surface area contributed by atoms with Crippen LogP contribution in [0.4, 0.5) is 0 Å². The Morgan fingerprint density at radius 1 is 1.24 bits per heavy atom. The lowest BCUT2D eigenvalue weighted by atomic mass is 9.56. The van der Waals surface area contributed by atoms with E-state index in [4.69, 9.17) is 4.74 Å². The second kappa shape index (κ2) is 6.92. The number of aliphatic hydroxyl groups is 1. The van der Waals surface area contributed by atoms with E-state index in [-0.39, 0.29) is 10.8 Å². The fraction of sp³-hybridized carbons (Fsp3) is 0.727. The van der Waals surface area contributed by atoms with Crippen molar-refractivity contribution >= 4 is 0 Å². The molecular weight excluding hydrogens is 310 g/mol. The predicted molar refractivity (Wildman–Crippen MR) is 103 cm³/mol. The lowest BCUT2D eigenvalue weighted by molar-refractivity contribution is -0.0932. The summed E-state index contributed by atoms with van der Waals surface area (Å²) >= 11 is 0. The van der Waals surface area contributed by atoms with Crippen molar-refractivity contribution < 1.29 is 9.84 Å². The number of piperidine rings is 1. The average Bonchev–Trinajstić information content (AvgIpc) is 2.56. The van der Waals surface area contributed by atoms with Gasteiger partial charge in [-0.25, -0.2) is 0 Å². The number of benzene rings is 1. The second-order valence-corrected chi connectivity index (χ2v) is 9.31. The van der Waals surface area contributed by atoms with Gasteiger partial charge < -0.3 is 15.2 Å². The maximum Gasteiger partial charge on any atom is 0.202 e. The second-order valence-electron chi connectivity index (χ2n) is 9.31. The first-order chi connectivity index (χ1) is 11.7. The minimum absolute atomic E-state index is 0.263. The van der Waals surface area contributed by atoms with Gasteiger partial charge >= 0.3 is 0 Å². The van der Waals surface area contributed by atoms with Gasteiger partial charge in [0.05, 0.1) is 0 Å². The first-order valence-electron chi connectivity index (χ1n) is 9.93. The largest absolute Gasteiger partial charge is 0.465 e. The number of aliphatic hydroxyl groups excluding tert-OH is 1. The lowest BCUT2D eigenvalue weighted by Crippen LogP contribution is -2.54. The normalized spacial score (nSPS) is 31.3. The summed E-state index contributed by atoms with van der Waals surface area (Å²) in [5.74, 6) is 1.49. The Kier molecular flexibility index (Phi) is 5.18. The van der Waals surface area contributed by atoms with Gasteiger partial charge in [0, 0.05) is 16.9 Å². The van der Waals surface area contributed by atoms with Crippen LogP contribution < -0.4 is 10.1 Å². The molecule has 3 nitrogen and oxygen atoms in total. The van der Waals surface area contributed by atoms with Crippen LogP contribution in [0.1, 0.15) is 70.9 Å². The predicted octanol–water partition coefficient (Wildman–Crippen LogP) is 4.55. The van der Waals surface area contributed by atoms with Crippen molar-refractivity contribution in [1.82, 2.24) is 5.32 Å². The van der Waals surface area contributed by atoms with Crippen LogP contribution in [0.5, 0.6) is 5.75 Å². The van der Waals surface area contributed by atoms with Crippen LogP contribution >= 0.6 is 0 Å². The zero-order valence-electron chi connectivity index (χ0n) is 16.6. The highest BCUT2D eigenvalue weighted by Crippen LogP contribution is 2.50. The zero-order valence-corrected chi connectivity index (χ0v) is 16.6. The molecule has 1 aromatic carbocycles. The molecule has 2 aliphatic rings. The number of ether oxygens (including phenoxy) is 1. The first kappa shape index (κ1) is 18.7. The number of hydrogen-bond donors (Lipinski definition) is 2. The summed E-state index contributed by atoms with van der Waals surface area (Å²) in [5.41, 5.74) is 2.78. The summed E-state index contributed by atoms with van der Waals surface area (Å²) in [5, 5.41) is 14.0. The molecule has 0 aromatic heterocycles. The lowest BCUT2D eigenvalue weighted by Gasteiger charge is -2.52. The summed E-state index contributed by atoms with van der Waals surface area (Å²) in [7, 11) is 0. The Labute approximate surface area is 153 Å². The topological polar surface area (TPSA) is 41.5 Å². The zero-order chi connectivity index (χ0) is 18.2. The number of aryl methyl sites for hydroxylation is 1. The van der Waals surface area contributed by atoms with E-state index in [0.29, 0.717) is 12.0 Å². The monoisotopic (exact) mass is 345 g/mol. The van der Waals surface area contributed by atoms with E-state index in [1.807, 2.05) is 26.8 Å². The van der Waals surface area contributed by atoms with Gasteiger partial charge in [0.2, 0.25) is 6.29 Å². The van der Waals surface area contributed by atoms with Gasteiger partial charge in [-0.1, -0.05) is 39.7 Å². The minimum Gasteiger partial charge on any atom is -0.465 e. The maximum absolute atomic E-state index is 10.4. The average molecular weight is 346 g/mol. The highest BCUT2D eigenvalue weighted by molar-refractivity contribution is 5.42. The van der Waals surface area contributed by atoms with E-state index < -0.39 is 6.29 Å². The van der Waals surface area contributed by atoms with Gasteiger partial charge in [-0.05, 0) is 68.8 Å². The van der Waals surface area contributed by atoms with Gasteiger partial charge in [-0.15, -0.1) is 0 Å². The van der Waals surface area contributed by atoms with Crippen molar-refractivity contribution in [3.8, 4) is 5.75 Å². The summed E-state index contributed by atoms with van der Waals surface area (Å²) in [6.07, 6.45) is 5.65. The molecule has 2 N–H and O–H groups in total. The molecule has 25 heavy (non-hydrogen) atoms. The Bertz CT molecular complexity index is 603. The molecule has 4 unspecified atom stereocenters. The Morgan fingerprint density at radius 2 is 2.00 bits per heavy atom. The maximum atomic E-state index is 10.4. The molecule has 2 fully saturated rings. The van der Waals surface area contributed by atoms with E-state index in [1.54, 1.807) is 0 Å². The molecule has 140 valence electrons. The number of hydrogen-bond acceptors (Lipinski definition) is 3. The van der Waals surface area contributed by atoms with E-state index in [2.05, 4.69) is 31.3 Å². The molecule has 0 radical (unpaired) electrons. The third-order valence-corrected chi connectivity index (χ3v) is 6.47. The third-order valence-electron chi connectivity index (χ3n) is 6.47. The van der Waals surface area contributed by atoms with Gasteiger partial charge in [0.1, 0.15) is 5.75 Å². The Balaban J connectivity index is 1.96. The van der Waals surface area contributed by atoms with Crippen LogP contribution in [0.15, 0.2) is 18.2 Å². The Morgan fingerprint density at radius 3 is 2.72 bits per heavy atom. The molecule has 1 heterocycles. The van der Waals surface area contributed by atoms with Gasteiger partial charge in [0.15, 0.2) is 0 Å². The fourth-order valence-electron chi connectivity index (χ4n) is 4.96. The van der Waals surface area contributed by atoms with Crippen LogP contribution in [0.3, 0.4) is 0 Å². The molecule has 1 aliphatic carbocycles. The van der Waals surface area contributed by atoms with E-state index in [1.165, 1.54) is 43.2 Å². The molecule has 1 saturated carbocycles. The van der Waals surface area contributed by atoms with Gasteiger partial charge in [-0.2, -0.15) is 0 Å². The number of fused-ring (bicyclic) bond motifs is 1. The molecule has 0 amide bonds. The van der Waals surface area contributed by atoms with Crippen LogP contribution in [0, 0.1) is 18.3 Å². The van der Waals surface area contributed by atoms with E-state index >= 15 is 0 Å². The van der Waals surface area contributed by atoms with Crippen LogP contribution in [-0.4, -0.2) is 24.0 Å². The minimum atomic E-state index is -0.797. The highest BCUT2D eigenvalue weighted by atomic mass is 16.6. The quantitative estimate of drug-likeness (QED) is 0.790. The van der Waals surface area contributed by atoms with Crippen molar-refractivity contribution in [3.63, 3.8) is 0 Å². The number of nitrogens with one attached hydrogen (secondary N) is 1. The molecule has 1 aromatic rings. The van der Waals surface area contributed by atoms with E-state index in [9.17, 15) is 5.11 Å². The number of rotatable bonds is 3. The fourth-order valence-corrected chi connectivity index (χ4v) is 4.96. The van der Waals surface area contributed by atoms with Crippen molar-refractivity contribution in [3.05, 3.63) is 29.3 Å². The standard InChI is InChI=1S/C22H35NO2/c1-15-9-10-17(25-20(24)21(3,4)5)14-19(15)22-11-7-6-8-18(22)16(2)23-13-12-22/h9-10,14,16,18,20,23-24H,6-8,11-13H2,1-5H3. The molecule has 3 heteroatoms.